The zero-order valence-electron chi connectivity index (χ0n) is 18.4. The Kier molecular flexibility index (Phi) is 10.8. The van der Waals surface area contributed by atoms with Crippen LogP contribution in [-0.4, -0.2) is 42.4 Å². The minimum absolute atomic E-state index is 0. The average molecular weight is 535 g/mol. The maximum absolute atomic E-state index is 11.3. The number of aliphatic imine (C=N–C) groups is 1. The van der Waals surface area contributed by atoms with Crippen LogP contribution in [0.1, 0.15) is 37.8 Å². The number of nitrogens with zero attached hydrogens (tertiary/aromatic N) is 2. The van der Waals surface area contributed by atoms with E-state index in [0.717, 1.165) is 43.4 Å². The van der Waals surface area contributed by atoms with Gasteiger partial charge in [0.2, 0.25) is 5.91 Å². The lowest BCUT2D eigenvalue weighted by atomic mass is 10.2. The molecule has 3 N–H and O–H groups in total. The number of benzene rings is 2. The van der Waals surface area contributed by atoms with Crippen LogP contribution in [0.2, 0.25) is 0 Å². The summed E-state index contributed by atoms with van der Waals surface area (Å²) >= 11 is 0. The zero-order chi connectivity index (χ0) is 21.2. The number of amides is 1. The summed E-state index contributed by atoms with van der Waals surface area (Å²) in [5.74, 6) is 0.760. The van der Waals surface area contributed by atoms with Crippen molar-refractivity contribution in [3.63, 3.8) is 0 Å². The van der Waals surface area contributed by atoms with Gasteiger partial charge in [-0.3, -0.25) is 9.69 Å². The summed E-state index contributed by atoms with van der Waals surface area (Å²) in [7, 11) is 0. The summed E-state index contributed by atoms with van der Waals surface area (Å²) in [4.78, 5) is 18.6. The average Bonchev–Trinajstić information content (AvgIpc) is 3.17. The Balaban J connectivity index is 0.00000341. The summed E-state index contributed by atoms with van der Waals surface area (Å²) in [6.45, 7) is 7.98. The first-order valence-electron chi connectivity index (χ1n) is 10.8. The Labute approximate surface area is 202 Å². The zero-order valence-corrected chi connectivity index (χ0v) is 20.8. The normalized spacial score (nSPS) is 16.5. The number of anilines is 1. The van der Waals surface area contributed by atoms with Gasteiger partial charge in [0.25, 0.3) is 0 Å². The molecule has 0 spiro atoms. The van der Waals surface area contributed by atoms with Crippen LogP contribution in [0.25, 0.3) is 0 Å². The molecule has 31 heavy (non-hydrogen) atoms. The predicted octanol–water partition coefficient (Wildman–Crippen LogP) is 3.98. The van der Waals surface area contributed by atoms with Gasteiger partial charge >= 0.3 is 0 Å². The van der Waals surface area contributed by atoms with E-state index in [1.54, 1.807) is 0 Å². The summed E-state index contributed by atoms with van der Waals surface area (Å²) < 4.78 is 0. The highest BCUT2D eigenvalue weighted by atomic mass is 127. The molecule has 0 bridgehead atoms. The lowest BCUT2D eigenvalue weighted by Gasteiger charge is -2.25. The predicted molar refractivity (Wildman–Crippen MR) is 139 cm³/mol. The number of likely N-dealkylation sites (tertiary alicyclic amines) is 1. The van der Waals surface area contributed by atoms with E-state index in [1.165, 1.54) is 25.3 Å². The van der Waals surface area contributed by atoms with Gasteiger partial charge in [0.1, 0.15) is 0 Å². The molecule has 2 aromatic rings. The van der Waals surface area contributed by atoms with Crippen LogP contribution < -0.4 is 16.0 Å². The third kappa shape index (κ3) is 8.49. The third-order valence-electron chi connectivity index (χ3n) is 5.24. The number of carbonyl (C=O) groups is 1. The second-order valence-electron chi connectivity index (χ2n) is 7.71. The second kappa shape index (κ2) is 13.3. The number of nitrogens with one attached hydrogen (secondary N) is 3. The van der Waals surface area contributed by atoms with Crippen LogP contribution in [0.4, 0.5) is 5.69 Å². The van der Waals surface area contributed by atoms with Gasteiger partial charge in [0, 0.05) is 38.3 Å². The van der Waals surface area contributed by atoms with Crippen LogP contribution in [0, 0.1) is 0 Å². The molecule has 1 saturated heterocycles. The maximum Gasteiger partial charge on any atom is 0.221 e. The monoisotopic (exact) mass is 535 g/mol. The molecule has 0 aliphatic carbocycles. The van der Waals surface area contributed by atoms with Crippen LogP contribution in [-0.2, 0) is 17.9 Å². The highest BCUT2D eigenvalue weighted by molar-refractivity contribution is 14.0. The summed E-state index contributed by atoms with van der Waals surface area (Å²) in [5, 5.41) is 9.68. The van der Waals surface area contributed by atoms with Crippen molar-refractivity contribution in [3.05, 3.63) is 65.7 Å². The summed E-state index contributed by atoms with van der Waals surface area (Å²) in [6.07, 6.45) is 2.45. The van der Waals surface area contributed by atoms with Gasteiger partial charge in [-0.1, -0.05) is 42.5 Å². The Morgan fingerprint density at radius 3 is 2.61 bits per heavy atom. The molecule has 1 aliphatic rings. The number of carbonyl (C=O) groups excluding carboxylic acids is 1. The molecule has 1 atom stereocenters. The highest BCUT2D eigenvalue weighted by Crippen LogP contribution is 2.19. The lowest BCUT2D eigenvalue weighted by Crippen LogP contribution is -2.44. The number of hydrogen-bond acceptors (Lipinski definition) is 3. The molecule has 1 amide bonds. The van der Waals surface area contributed by atoms with Gasteiger partial charge in [-0.25, -0.2) is 4.99 Å². The van der Waals surface area contributed by atoms with Crippen molar-refractivity contribution in [2.75, 3.05) is 25.0 Å². The Morgan fingerprint density at radius 1 is 1.10 bits per heavy atom. The molecule has 1 aliphatic heterocycles. The van der Waals surface area contributed by atoms with Gasteiger partial charge < -0.3 is 16.0 Å². The minimum Gasteiger partial charge on any atom is -0.357 e. The van der Waals surface area contributed by atoms with Gasteiger partial charge in [-0.15, -0.1) is 24.0 Å². The van der Waals surface area contributed by atoms with Gasteiger partial charge in [0.15, 0.2) is 5.96 Å². The number of rotatable bonds is 8. The lowest BCUT2D eigenvalue weighted by molar-refractivity contribution is -0.114. The molecule has 3 rings (SSSR count). The van der Waals surface area contributed by atoms with E-state index < -0.39 is 0 Å². The van der Waals surface area contributed by atoms with Crippen molar-refractivity contribution in [3.8, 4) is 0 Å². The van der Waals surface area contributed by atoms with E-state index in [2.05, 4.69) is 58.1 Å². The molecule has 2 aromatic carbocycles. The van der Waals surface area contributed by atoms with Crippen LogP contribution in [0.5, 0.6) is 0 Å². The summed E-state index contributed by atoms with van der Waals surface area (Å²) in [5.41, 5.74) is 3.23. The van der Waals surface area contributed by atoms with Crippen LogP contribution >= 0.6 is 24.0 Å². The summed E-state index contributed by atoms with van der Waals surface area (Å²) in [6, 6.07) is 19.0. The largest absolute Gasteiger partial charge is 0.357 e. The van der Waals surface area contributed by atoms with E-state index in [9.17, 15) is 4.79 Å². The van der Waals surface area contributed by atoms with E-state index >= 15 is 0 Å². The fourth-order valence-electron chi connectivity index (χ4n) is 3.83. The molecule has 7 heteroatoms. The van der Waals surface area contributed by atoms with E-state index in [1.807, 2.05) is 24.3 Å². The van der Waals surface area contributed by atoms with Gasteiger partial charge in [-0.2, -0.15) is 0 Å². The van der Waals surface area contributed by atoms with Crippen LogP contribution in [0.3, 0.4) is 0 Å². The van der Waals surface area contributed by atoms with Crippen molar-refractivity contribution in [1.82, 2.24) is 15.5 Å². The first kappa shape index (κ1) is 25.1. The molecule has 0 saturated carbocycles. The molecular formula is C24H34IN5O. The highest BCUT2D eigenvalue weighted by Gasteiger charge is 2.24. The number of halogens is 1. The molecule has 1 unspecified atom stereocenters. The second-order valence-corrected chi connectivity index (χ2v) is 7.71. The molecule has 0 aromatic heterocycles. The Morgan fingerprint density at radius 2 is 1.87 bits per heavy atom. The Bertz CT molecular complexity index is 843. The number of hydrogen-bond donors (Lipinski definition) is 3. The SMILES string of the molecule is CCNC(=NCc1cccc(NC(C)=O)c1)NCC1CCCN1Cc1ccccc1.I. The van der Waals surface area contributed by atoms with Gasteiger partial charge in [-0.05, 0) is 49.6 Å². The molecule has 1 heterocycles. The van der Waals surface area contributed by atoms with Crippen molar-refractivity contribution < 1.29 is 4.79 Å². The van der Waals surface area contributed by atoms with Crippen LogP contribution in [0.15, 0.2) is 59.6 Å². The molecule has 168 valence electrons. The van der Waals surface area contributed by atoms with Crippen molar-refractivity contribution in [1.29, 1.82) is 0 Å². The van der Waals surface area contributed by atoms with Gasteiger partial charge in [0.05, 0.1) is 6.54 Å². The van der Waals surface area contributed by atoms with Crippen molar-refractivity contribution in [2.45, 2.75) is 45.8 Å². The smallest absolute Gasteiger partial charge is 0.221 e. The molecule has 0 radical (unpaired) electrons. The topological polar surface area (TPSA) is 68.8 Å². The van der Waals surface area contributed by atoms with Crippen molar-refractivity contribution >= 4 is 41.5 Å². The fraction of sp³-hybridized carbons (Fsp3) is 0.417. The maximum atomic E-state index is 11.3. The first-order chi connectivity index (χ1) is 14.6. The van der Waals surface area contributed by atoms with E-state index in [4.69, 9.17) is 4.99 Å². The fourth-order valence-corrected chi connectivity index (χ4v) is 3.83. The molecule has 6 nitrogen and oxygen atoms in total. The standard InChI is InChI=1S/C24H33N5O.HI/c1-3-25-24(26-16-21-11-7-12-22(15-21)28-19(2)30)27-17-23-13-8-14-29(23)18-20-9-5-4-6-10-20;/h4-7,9-12,15,23H,3,8,13-14,16-18H2,1-2H3,(H,28,30)(H2,25,26,27);1H. The number of guanidine groups is 1. The third-order valence-corrected chi connectivity index (χ3v) is 5.24. The van der Waals surface area contributed by atoms with Crippen molar-refractivity contribution in [2.24, 2.45) is 4.99 Å². The van der Waals surface area contributed by atoms with E-state index in [-0.39, 0.29) is 29.9 Å². The molecule has 1 fully saturated rings. The Hall–Kier alpha value is -2.13. The van der Waals surface area contributed by atoms with E-state index in [0.29, 0.717) is 12.6 Å². The molecular weight excluding hydrogens is 501 g/mol. The quantitative estimate of drug-likeness (QED) is 0.272. The first-order valence-corrected chi connectivity index (χ1v) is 10.8. The minimum atomic E-state index is -0.0673.